The average molecular weight is 339 g/mol. The van der Waals surface area contributed by atoms with Crippen molar-refractivity contribution in [3.8, 4) is 11.1 Å². The van der Waals surface area contributed by atoms with Gasteiger partial charge in [0.15, 0.2) is 0 Å². The van der Waals surface area contributed by atoms with Crippen LogP contribution >= 0.6 is 0 Å². The fourth-order valence-corrected chi connectivity index (χ4v) is 2.61. The van der Waals surface area contributed by atoms with Gasteiger partial charge in [0.2, 0.25) is 5.91 Å². The molecule has 0 saturated carbocycles. The van der Waals surface area contributed by atoms with Crippen molar-refractivity contribution in [3.63, 3.8) is 0 Å². The first-order valence-corrected chi connectivity index (χ1v) is 8.41. The molecule has 0 fully saturated rings. The topological polar surface area (TPSA) is 62.3 Å². The van der Waals surface area contributed by atoms with Gasteiger partial charge in [-0.3, -0.25) is 14.6 Å². The van der Waals surface area contributed by atoms with Crippen molar-refractivity contribution in [3.05, 3.63) is 53.3 Å². The van der Waals surface area contributed by atoms with Crippen molar-refractivity contribution >= 4 is 11.8 Å². The van der Waals surface area contributed by atoms with Crippen LogP contribution in [0.4, 0.5) is 0 Å². The number of benzene rings is 1. The average Bonchev–Trinajstić information content (AvgIpc) is 2.57. The molecule has 2 rings (SSSR count). The number of amides is 2. The molecule has 0 spiro atoms. The lowest BCUT2D eigenvalue weighted by Crippen LogP contribution is -2.27. The van der Waals surface area contributed by atoms with E-state index in [0.29, 0.717) is 24.9 Å². The highest BCUT2D eigenvalue weighted by Crippen LogP contribution is 2.22. The molecule has 0 unspecified atom stereocenters. The molecule has 0 aliphatic rings. The summed E-state index contributed by atoms with van der Waals surface area (Å²) >= 11 is 0. The summed E-state index contributed by atoms with van der Waals surface area (Å²) < 4.78 is 0. The van der Waals surface area contributed by atoms with Gasteiger partial charge in [-0.2, -0.15) is 0 Å². The molecule has 1 heterocycles. The molecule has 0 aliphatic carbocycles. The van der Waals surface area contributed by atoms with Gasteiger partial charge in [-0.15, -0.1) is 0 Å². The van der Waals surface area contributed by atoms with E-state index in [9.17, 15) is 9.59 Å². The minimum atomic E-state index is -0.123. The minimum absolute atomic E-state index is 0.0691. The zero-order valence-electron chi connectivity index (χ0n) is 15.3. The van der Waals surface area contributed by atoms with Crippen molar-refractivity contribution in [2.75, 3.05) is 20.6 Å². The second kappa shape index (κ2) is 8.42. The Hall–Kier alpha value is -2.69. The molecule has 2 amide bonds. The van der Waals surface area contributed by atoms with E-state index in [1.807, 2.05) is 44.2 Å². The Bertz CT molecular complexity index is 749. The van der Waals surface area contributed by atoms with Crippen molar-refractivity contribution in [1.82, 2.24) is 15.2 Å². The van der Waals surface area contributed by atoms with Crippen LogP contribution in [0.2, 0.25) is 0 Å². The van der Waals surface area contributed by atoms with Gasteiger partial charge in [0.1, 0.15) is 0 Å². The van der Waals surface area contributed by atoms with Gasteiger partial charge in [-0.05, 0) is 55.7 Å². The SMILES string of the molecule is Cc1cc(-c2cccc(C(=O)NCCCC(=O)N(C)C)c2)cc(C)n1. The maximum atomic E-state index is 12.3. The number of carbonyl (C=O) groups excluding carboxylic acids is 2. The van der Waals surface area contributed by atoms with Crippen LogP contribution in [0.15, 0.2) is 36.4 Å². The molecule has 0 atom stereocenters. The molecule has 0 radical (unpaired) electrons. The van der Waals surface area contributed by atoms with E-state index in [0.717, 1.165) is 22.5 Å². The van der Waals surface area contributed by atoms with E-state index >= 15 is 0 Å². The van der Waals surface area contributed by atoms with Crippen LogP contribution in [-0.2, 0) is 4.79 Å². The quantitative estimate of drug-likeness (QED) is 0.823. The Kier molecular flexibility index (Phi) is 6.28. The molecule has 1 N–H and O–H groups in total. The number of rotatable bonds is 6. The van der Waals surface area contributed by atoms with Crippen molar-refractivity contribution in [2.45, 2.75) is 26.7 Å². The lowest BCUT2D eigenvalue weighted by Gasteiger charge is -2.11. The van der Waals surface area contributed by atoms with E-state index < -0.39 is 0 Å². The third kappa shape index (κ3) is 5.41. The van der Waals surface area contributed by atoms with Crippen LogP contribution in [0.3, 0.4) is 0 Å². The molecule has 1 aromatic heterocycles. The largest absolute Gasteiger partial charge is 0.352 e. The molecule has 5 heteroatoms. The number of pyridine rings is 1. The van der Waals surface area contributed by atoms with E-state index in [1.165, 1.54) is 0 Å². The number of hydrogen-bond donors (Lipinski definition) is 1. The minimum Gasteiger partial charge on any atom is -0.352 e. The van der Waals surface area contributed by atoms with Crippen molar-refractivity contribution < 1.29 is 9.59 Å². The maximum absolute atomic E-state index is 12.3. The first kappa shape index (κ1) is 18.6. The predicted octanol–water partition coefficient (Wildman–Crippen LogP) is 2.96. The van der Waals surface area contributed by atoms with Crippen LogP contribution in [0, 0.1) is 13.8 Å². The lowest BCUT2D eigenvalue weighted by molar-refractivity contribution is -0.128. The van der Waals surface area contributed by atoms with Gasteiger partial charge in [-0.25, -0.2) is 0 Å². The molecule has 25 heavy (non-hydrogen) atoms. The van der Waals surface area contributed by atoms with Crippen LogP contribution in [0.1, 0.15) is 34.6 Å². The second-order valence-electron chi connectivity index (χ2n) is 6.37. The van der Waals surface area contributed by atoms with Crippen LogP contribution in [-0.4, -0.2) is 42.3 Å². The predicted molar refractivity (Wildman–Crippen MR) is 99.4 cm³/mol. The maximum Gasteiger partial charge on any atom is 0.251 e. The summed E-state index contributed by atoms with van der Waals surface area (Å²) in [6.07, 6.45) is 1.06. The van der Waals surface area contributed by atoms with Crippen LogP contribution < -0.4 is 5.32 Å². The number of nitrogens with zero attached hydrogens (tertiary/aromatic N) is 2. The summed E-state index contributed by atoms with van der Waals surface area (Å²) in [6, 6.07) is 11.6. The zero-order valence-corrected chi connectivity index (χ0v) is 15.3. The van der Waals surface area contributed by atoms with E-state index in [1.54, 1.807) is 25.1 Å². The van der Waals surface area contributed by atoms with Gasteiger partial charge in [0.25, 0.3) is 5.91 Å². The smallest absolute Gasteiger partial charge is 0.251 e. The molecular formula is C20H25N3O2. The Labute approximate surface area is 149 Å². The number of carbonyl (C=O) groups is 2. The Morgan fingerprint density at radius 1 is 1.04 bits per heavy atom. The summed E-state index contributed by atoms with van der Waals surface area (Å²) in [6.45, 7) is 4.40. The van der Waals surface area contributed by atoms with Gasteiger partial charge in [0, 0.05) is 44.0 Å². The zero-order chi connectivity index (χ0) is 18.4. The molecule has 0 saturated heterocycles. The third-order valence-electron chi connectivity index (χ3n) is 3.89. The molecule has 132 valence electrons. The monoisotopic (exact) mass is 339 g/mol. The van der Waals surface area contributed by atoms with Gasteiger partial charge < -0.3 is 10.2 Å². The third-order valence-corrected chi connectivity index (χ3v) is 3.89. The lowest BCUT2D eigenvalue weighted by atomic mass is 10.0. The Balaban J connectivity index is 2.00. The van der Waals surface area contributed by atoms with Crippen LogP contribution in [0.5, 0.6) is 0 Å². The van der Waals surface area contributed by atoms with E-state index in [4.69, 9.17) is 0 Å². The van der Waals surface area contributed by atoms with Gasteiger partial charge >= 0.3 is 0 Å². The summed E-state index contributed by atoms with van der Waals surface area (Å²) in [4.78, 5) is 29.8. The summed E-state index contributed by atoms with van der Waals surface area (Å²) in [5, 5.41) is 2.87. The van der Waals surface area contributed by atoms with Crippen LogP contribution in [0.25, 0.3) is 11.1 Å². The summed E-state index contributed by atoms with van der Waals surface area (Å²) in [5.74, 6) is -0.0543. The van der Waals surface area contributed by atoms with Gasteiger partial charge in [-0.1, -0.05) is 12.1 Å². The fourth-order valence-electron chi connectivity index (χ4n) is 2.61. The standard InChI is InChI=1S/C20H25N3O2/c1-14-11-18(12-15(2)22-14)16-7-5-8-17(13-16)20(25)21-10-6-9-19(24)23(3)4/h5,7-8,11-13H,6,9-10H2,1-4H3,(H,21,25). The molecule has 5 nitrogen and oxygen atoms in total. The normalized spacial score (nSPS) is 10.4. The van der Waals surface area contributed by atoms with Crippen molar-refractivity contribution in [2.24, 2.45) is 0 Å². The number of aryl methyl sites for hydroxylation is 2. The molecule has 0 aliphatic heterocycles. The van der Waals surface area contributed by atoms with E-state index in [-0.39, 0.29) is 11.8 Å². The highest BCUT2D eigenvalue weighted by molar-refractivity contribution is 5.95. The molecule has 2 aromatic rings. The molecular weight excluding hydrogens is 314 g/mol. The Morgan fingerprint density at radius 3 is 2.36 bits per heavy atom. The first-order valence-electron chi connectivity index (χ1n) is 8.41. The van der Waals surface area contributed by atoms with Gasteiger partial charge in [0.05, 0.1) is 0 Å². The summed E-state index contributed by atoms with van der Waals surface area (Å²) in [7, 11) is 3.46. The number of aromatic nitrogens is 1. The summed E-state index contributed by atoms with van der Waals surface area (Å²) in [5.41, 5.74) is 4.56. The highest BCUT2D eigenvalue weighted by atomic mass is 16.2. The highest BCUT2D eigenvalue weighted by Gasteiger charge is 2.09. The number of nitrogens with one attached hydrogen (secondary N) is 1. The van der Waals surface area contributed by atoms with E-state index in [2.05, 4.69) is 10.3 Å². The van der Waals surface area contributed by atoms with Crippen molar-refractivity contribution in [1.29, 1.82) is 0 Å². The molecule has 1 aromatic carbocycles. The first-order chi connectivity index (χ1) is 11.9. The fraction of sp³-hybridized carbons (Fsp3) is 0.350. The Morgan fingerprint density at radius 2 is 1.72 bits per heavy atom. The number of hydrogen-bond acceptors (Lipinski definition) is 3. The molecule has 0 bridgehead atoms. The second-order valence-corrected chi connectivity index (χ2v) is 6.37.